The Morgan fingerprint density at radius 3 is 2.41 bits per heavy atom. The highest BCUT2D eigenvalue weighted by Crippen LogP contribution is 2.47. The summed E-state index contributed by atoms with van der Waals surface area (Å²) in [6, 6.07) is 13.8. The van der Waals surface area contributed by atoms with Crippen molar-refractivity contribution >= 4 is 21.9 Å². The van der Waals surface area contributed by atoms with Gasteiger partial charge >= 0.3 is 0 Å². The van der Waals surface area contributed by atoms with Crippen LogP contribution < -0.4 is 14.8 Å². The molecule has 1 amide bonds. The van der Waals surface area contributed by atoms with Crippen molar-refractivity contribution in [3.8, 4) is 17.1 Å². The second-order valence-corrected chi connectivity index (χ2v) is 14.0. The number of nitrogens with one attached hydrogen (secondary N) is 2. The lowest BCUT2D eigenvalue weighted by atomic mass is 9.61. The molecule has 4 bridgehead atoms. The molecule has 1 spiro atoms. The summed E-state index contributed by atoms with van der Waals surface area (Å²) in [5.41, 5.74) is 4.08. The van der Waals surface area contributed by atoms with Gasteiger partial charge in [-0.25, -0.2) is 18.1 Å². The van der Waals surface area contributed by atoms with E-state index in [1.54, 1.807) is 18.2 Å². The number of nitrogens with zero attached hydrogens (tertiary/aromatic N) is 3. The average Bonchev–Trinajstić information content (AvgIpc) is 2.86. The third kappa shape index (κ3) is 5.30. The monoisotopic (exact) mass is 575 g/mol. The van der Waals surface area contributed by atoms with E-state index >= 15 is 0 Å². The molecule has 2 N–H and O–H groups in total. The van der Waals surface area contributed by atoms with Crippen molar-refractivity contribution in [1.29, 1.82) is 0 Å². The van der Waals surface area contributed by atoms with E-state index in [1.165, 1.54) is 12.1 Å². The number of carbonyl (C=O) groups excluding carboxylic acids is 1. The Labute approximate surface area is 241 Å². The number of hydrogen-bond donors (Lipinski definition) is 2. The molecule has 1 aliphatic carbocycles. The number of fused-ring (bicyclic) bond motifs is 4. The van der Waals surface area contributed by atoms with Gasteiger partial charge in [0, 0.05) is 36.3 Å². The summed E-state index contributed by atoms with van der Waals surface area (Å²) in [6.07, 6.45) is 2.59. The van der Waals surface area contributed by atoms with Crippen molar-refractivity contribution in [2.75, 3.05) is 24.4 Å². The Kier molecular flexibility index (Phi) is 7.02. The van der Waals surface area contributed by atoms with E-state index in [-0.39, 0.29) is 46.7 Å². The molecule has 6 rings (SSSR count). The van der Waals surface area contributed by atoms with E-state index in [1.807, 2.05) is 36.9 Å². The molecule has 41 heavy (non-hydrogen) atoms. The van der Waals surface area contributed by atoms with Crippen molar-refractivity contribution in [2.45, 2.75) is 63.9 Å². The molecule has 3 aliphatic rings. The van der Waals surface area contributed by atoms with Gasteiger partial charge in [0.25, 0.3) is 15.9 Å². The molecule has 0 radical (unpaired) electrons. The highest BCUT2D eigenvalue weighted by atomic mass is 32.2. The Bertz CT molecular complexity index is 1570. The van der Waals surface area contributed by atoms with Crippen molar-refractivity contribution in [2.24, 2.45) is 11.3 Å². The zero-order valence-corrected chi connectivity index (χ0v) is 24.8. The van der Waals surface area contributed by atoms with E-state index in [2.05, 4.69) is 33.9 Å². The van der Waals surface area contributed by atoms with E-state index in [0.717, 1.165) is 49.0 Å². The number of carbonyl (C=O) groups is 1. The number of benzene rings is 2. The van der Waals surface area contributed by atoms with Crippen molar-refractivity contribution in [3.63, 3.8) is 0 Å². The predicted octanol–water partition coefficient (Wildman–Crippen LogP) is 4.56. The van der Waals surface area contributed by atoms with Gasteiger partial charge in [0.15, 0.2) is 0 Å². The van der Waals surface area contributed by atoms with Gasteiger partial charge in [0.05, 0.1) is 16.6 Å². The zero-order chi connectivity index (χ0) is 28.9. The Hall–Kier alpha value is -3.50. The normalized spacial score (nSPS) is 21.5. The topological polar surface area (TPSA) is 114 Å². The number of sulfonamides is 1. The first-order chi connectivity index (χ1) is 19.5. The third-order valence-corrected chi connectivity index (χ3v) is 9.91. The summed E-state index contributed by atoms with van der Waals surface area (Å²) >= 11 is 0. The number of amides is 1. The van der Waals surface area contributed by atoms with Crippen LogP contribution in [0.3, 0.4) is 0 Å². The van der Waals surface area contributed by atoms with Gasteiger partial charge in [-0.1, -0.05) is 38.1 Å². The predicted molar refractivity (Wildman–Crippen MR) is 157 cm³/mol. The summed E-state index contributed by atoms with van der Waals surface area (Å²) in [5.74, 6) is 0.327. The lowest BCUT2D eigenvalue weighted by molar-refractivity contribution is -0.0480. The Balaban J connectivity index is 1.47. The fourth-order valence-electron chi connectivity index (χ4n) is 6.54. The van der Waals surface area contributed by atoms with Crippen molar-refractivity contribution in [3.05, 3.63) is 65.2 Å². The number of anilines is 1. The highest BCUT2D eigenvalue weighted by molar-refractivity contribution is 7.92. The lowest BCUT2D eigenvalue weighted by Crippen LogP contribution is -2.67. The molecule has 0 unspecified atom stereocenters. The first-order valence-electron chi connectivity index (χ1n) is 14.3. The fraction of sp³-hybridized carbons (Fsp3) is 0.452. The van der Waals surface area contributed by atoms with Gasteiger partial charge in [0.1, 0.15) is 6.61 Å². The zero-order valence-electron chi connectivity index (χ0n) is 24.0. The largest absolute Gasteiger partial charge is 0.475 e. The molecule has 3 aromatic rings. The smallest absolute Gasteiger partial charge is 0.264 e. The first kappa shape index (κ1) is 27.7. The molecule has 3 heterocycles. The third-order valence-electron chi connectivity index (χ3n) is 8.58. The molecule has 2 fully saturated rings. The maximum Gasteiger partial charge on any atom is 0.264 e. The molecule has 216 valence electrons. The second-order valence-electron chi connectivity index (χ2n) is 12.3. The van der Waals surface area contributed by atoms with Crippen LogP contribution in [0.15, 0.2) is 53.4 Å². The molecule has 1 atom stereocenters. The van der Waals surface area contributed by atoms with Crippen LogP contribution in [0.2, 0.25) is 0 Å². The number of aryl methyl sites for hydroxylation is 2. The van der Waals surface area contributed by atoms with E-state index < -0.39 is 10.0 Å². The maximum atomic E-state index is 14.2. The van der Waals surface area contributed by atoms with Gasteiger partial charge in [-0.15, -0.1) is 0 Å². The van der Waals surface area contributed by atoms with Gasteiger partial charge in [-0.2, -0.15) is 4.98 Å². The fourth-order valence-corrected chi connectivity index (χ4v) is 7.53. The van der Waals surface area contributed by atoms with Crippen molar-refractivity contribution in [1.82, 2.24) is 20.2 Å². The van der Waals surface area contributed by atoms with Crippen LogP contribution in [0.5, 0.6) is 5.88 Å². The number of rotatable bonds is 4. The number of aromatic nitrogens is 2. The lowest BCUT2D eigenvalue weighted by Gasteiger charge is -2.58. The minimum Gasteiger partial charge on any atom is -0.475 e. The van der Waals surface area contributed by atoms with Crippen LogP contribution in [-0.2, 0) is 10.0 Å². The van der Waals surface area contributed by atoms with Crippen LogP contribution in [0, 0.1) is 25.2 Å². The quantitative estimate of drug-likeness (QED) is 0.469. The Morgan fingerprint density at radius 2 is 1.76 bits per heavy atom. The van der Waals surface area contributed by atoms with Gasteiger partial charge < -0.3 is 15.0 Å². The van der Waals surface area contributed by atoms with Gasteiger partial charge in [-0.3, -0.25) is 4.79 Å². The summed E-state index contributed by atoms with van der Waals surface area (Å²) in [6.45, 7) is 10.5. The molecule has 2 aliphatic heterocycles. The molecular formula is C31H37N5O4S. The molecule has 1 saturated carbocycles. The standard InChI is InChI=1S/C31H37N5O4S/c1-19(2)11-23-16-40-27-13-26(28-20(3)7-5-8-21(28)4)33-30(34-27)35-41(38,39)25-10-6-9-22(12-25)29(37)36(23)24-14-31(15-24)17-32-18-31/h5-10,12-13,19,23-24,32H,11,14-18H2,1-4H3,(H,33,34,35)/t23-/m1/s1. The highest BCUT2D eigenvalue weighted by Gasteiger charge is 2.52. The maximum absolute atomic E-state index is 14.2. The van der Waals surface area contributed by atoms with Gasteiger partial charge in [0.2, 0.25) is 11.8 Å². The minimum absolute atomic E-state index is 0.0141. The van der Waals surface area contributed by atoms with E-state index in [4.69, 9.17) is 4.74 Å². The minimum atomic E-state index is -4.09. The summed E-state index contributed by atoms with van der Waals surface area (Å²) in [7, 11) is -4.09. The van der Waals surface area contributed by atoms with Crippen LogP contribution in [0.1, 0.15) is 54.6 Å². The van der Waals surface area contributed by atoms with Gasteiger partial charge in [-0.05, 0) is 73.8 Å². The Morgan fingerprint density at radius 1 is 1.05 bits per heavy atom. The second kappa shape index (κ2) is 10.4. The summed E-state index contributed by atoms with van der Waals surface area (Å²) < 4.78 is 35.9. The summed E-state index contributed by atoms with van der Waals surface area (Å²) in [5, 5.41) is 3.37. The van der Waals surface area contributed by atoms with Crippen LogP contribution in [-0.4, -0.2) is 61.0 Å². The number of hydrogen-bond acceptors (Lipinski definition) is 7. The molecule has 1 saturated heterocycles. The van der Waals surface area contributed by atoms with Crippen LogP contribution in [0.4, 0.5) is 5.95 Å². The van der Waals surface area contributed by atoms with Crippen LogP contribution >= 0.6 is 0 Å². The van der Waals surface area contributed by atoms with E-state index in [9.17, 15) is 13.2 Å². The van der Waals surface area contributed by atoms with Crippen LogP contribution in [0.25, 0.3) is 11.3 Å². The first-order valence-corrected chi connectivity index (χ1v) is 15.8. The molecule has 9 nitrogen and oxygen atoms in total. The number of ether oxygens (including phenoxy) is 1. The van der Waals surface area contributed by atoms with Crippen molar-refractivity contribution < 1.29 is 17.9 Å². The van der Waals surface area contributed by atoms with E-state index in [0.29, 0.717) is 17.2 Å². The summed E-state index contributed by atoms with van der Waals surface area (Å²) in [4.78, 5) is 25.2. The average molecular weight is 576 g/mol. The molecule has 10 heteroatoms. The SMILES string of the molecule is Cc1cccc(C)c1-c1cc2nc(n1)NS(=O)(=O)c1cccc(c1)C(=O)N(C1CC3(CNC3)C1)[C@H](CC(C)C)CO2. The molecule has 2 aromatic carbocycles. The molecule has 1 aromatic heterocycles. The molecular weight excluding hydrogens is 538 g/mol.